The van der Waals surface area contributed by atoms with Gasteiger partial charge in [0.15, 0.2) is 0 Å². The minimum atomic E-state index is -0.729. The van der Waals surface area contributed by atoms with Crippen LogP contribution in [0.25, 0.3) is 11.3 Å². The maximum absolute atomic E-state index is 14.9. The van der Waals surface area contributed by atoms with Gasteiger partial charge in [-0.05, 0) is 98.8 Å². The quantitative estimate of drug-likeness (QED) is 0.0200. The molecule has 68 heavy (non-hydrogen) atoms. The van der Waals surface area contributed by atoms with Gasteiger partial charge in [-0.1, -0.05) is 35.9 Å². The molecule has 0 radical (unpaired) electrons. The molecule has 350 valence electrons. The van der Waals surface area contributed by atoms with E-state index in [9.17, 15) is 28.0 Å². The molecule has 4 amide bonds. The van der Waals surface area contributed by atoms with Gasteiger partial charge in [-0.3, -0.25) is 34.5 Å². The number of rotatable bonds is 19. The molecule has 3 aliphatic rings. The fraction of sp³-hybridized carbons (Fsp3) is 0.286. The third-order valence-corrected chi connectivity index (χ3v) is 11.8. The van der Waals surface area contributed by atoms with E-state index in [1.807, 2.05) is 24.3 Å². The normalized spacial score (nSPS) is 15.7. The summed E-state index contributed by atoms with van der Waals surface area (Å²) >= 11 is 6.36. The molecule has 19 heteroatoms. The average Bonchev–Trinajstić information content (AvgIpc) is 3.56. The minimum Gasteiger partial charge on any atom is -0.381 e. The number of nitrogens with one attached hydrogen (secondary N) is 4. The van der Waals surface area contributed by atoms with Crippen molar-refractivity contribution in [3.63, 3.8) is 0 Å². The van der Waals surface area contributed by atoms with Crippen LogP contribution in [0.5, 0.6) is 0 Å². The largest absolute Gasteiger partial charge is 0.381 e. The summed E-state index contributed by atoms with van der Waals surface area (Å²) in [6, 6.07) is 20.5. The first-order valence-corrected chi connectivity index (χ1v) is 22.6. The molecule has 1 aromatic heterocycles. The first-order chi connectivity index (χ1) is 33.1. The van der Waals surface area contributed by atoms with Crippen LogP contribution >= 0.6 is 11.6 Å². The Morgan fingerprint density at radius 1 is 0.926 bits per heavy atom. The molecule has 1 fully saturated rings. The molecule has 1 saturated heterocycles. The van der Waals surface area contributed by atoms with Gasteiger partial charge >= 0.3 is 0 Å². The summed E-state index contributed by atoms with van der Waals surface area (Å²) in [5.74, 6) is 3.30. The molecule has 6 N–H and O–H groups in total. The van der Waals surface area contributed by atoms with Crippen LogP contribution in [0.4, 0.5) is 26.1 Å². The lowest BCUT2D eigenvalue weighted by atomic mass is 9.95. The molecule has 0 bridgehead atoms. The van der Waals surface area contributed by atoms with Crippen molar-refractivity contribution in [2.24, 2.45) is 20.9 Å². The number of carbonyl (C=O) groups is 4. The van der Waals surface area contributed by atoms with Crippen LogP contribution < -0.4 is 27.1 Å². The topological polar surface area (TPSA) is 218 Å². The van der Waals surface area contributed by atoms with Gasteiger partial charge in [-0.2, -0.15) is 5.10 Å². The second-order valence-electron chi connectivity index (χ2n) is 16.3. The standard InChI is InChI=1S/C49H48ClF2N11O5/c50-32-10-14-36-37(23-32)46(44-38(51)6-5-7-39(44)52)56-24-31-25-57-49(61-45(31)36)59-33-11-8-29(9-12-33)40(62-53)26-54-18-1-3-20-68-21-4-2-19-55-27-43(65)58-34-13-15-35-30(22-34)28-63(48(35)67)41-16-17-42(64)60-47(41)66/h5-15,22-23,25-26,41,55H,1-4,16-21,24,27-28,53H2,(H,58,65)(H,57,59,61)(H,60,64,66). The number of anilines is 3. The number of halogens is 3. The highest BCUT2D eigenvalue weighted by molar-refractivity contribution is 6.38. The second-order valence-corrected chi connectivity index (χ2v) is 16.7. The van der Waals surface area contributed by atoms with Crippen LogP contribution in [-0.2, 0) is 32.2 Å². The molecule has 16 nitrogen and oxygen atoms in total. The highest BCUT2D eigenvalue weighted by atomic mass is 35.5. The molecule has 4 heterocycles. The Balaban J connectivity index is 0.708. The van der Waals surface area contributed by atoms with E-state index < -0.39 is 23.6 Å². The summed E-state index contributed by atoms with van der Waals surface area (Å²) < 4.78 is 35.7. The van der Waals surface area contributed by atoms with E-state index in [-0.39, 0.29) is 61.5 Å². The van der Waals surface area contributed by atoms with Crippen molar-refractivity contribution in [1.82, 2.24) is 25.5 Å². The number of ether oxygens (including phenoxy) is 1. The highest BCUT2D eigenvalue weighted by Gasteiger charge is 2.39. The average molecular weight is 944 g/mol. The molecule has 1 atom stereocenters. The fourth-order valence-corrected chi connectivity index (χ4v) is 8.30. The van der Waals surface area contributed by atoms with Crippen LogP contribution in [0.15, 0.2) is 100 Å². The Morgan fingerprint density at radius 2 is 1.69 bits per heavy atom. The Hall–Kier alpha value is -7.28. The Bertz CT molecular complexity index is 2800. The van der Waals surface area contributed by atoms with Gasteiger partial charge in [0.1, 0.15) is 23.4 Å². The van der Waals surface area contributed by atoms with Crippen molar-refractivity contribution in [2.75, 3.05) is 43.5 Å². The van der Waals surface area contributed by atoms with E-state index in [1.165, 1.54) is 23.1 Å². The smallest absolute Gasteiger partial charge is 0.255 e. The van der Waals surface area contributed by atoms with E-state index in [1.54, 1.807) is 48.8 Å². The number of imide groups is 1. The Labute approximate surface area is 395 Å². The molecule has 4 aromatic carbocycles. The third kappa shape index (κ3) is 11.3. The van der Waals surface area contributed by atoms with Crippen LogP contribution in [-0.4, -0.2) is 95.0 Å². The molecule has 1 unspecified atom stereocenters. The highest BCUT2D eigenvalue weighted by Crippen LogP contribution is 2.35. The zero-order chi connectivity index (χ0) is 47.6. The van der Waals surface area contributed by atoms with Crippen LogP contribution in [0, 0.1) is 11.6 Å². The number of hydrogen-bond donors (Lipinski definition) is 5. The predicted molar refractivity (Wildman–Crippen MR) is 255 cm³/mol. The number of amides is 4. The minimum absolute atomic E-state index is 0.105. The second kappa shape index (κ2) is 22.0. The van der Waals surface area contributed by atoms with Gasteiger partial charge in [0, 0.05) is 89.4 Å². The van der Waals surface area contributed by atoms with Crippen molar-refractivity contribution in [3.05, 3.63) is 135 Å². The first-order valence-electron chi connectivity index (χ1n) is 22.2. The van der Waals surface area contributed by atoms with Crippen LogP contribution in [0.2, 0.25) is 5.02 Å². The summed E-state index contributed by atoms with van der Waals surface area (Å²) in [4.78, 5) is 69.1. The van der Waals surface area contributed by atoms with E-state index >= 15 is 0 Å². The molecular formula is C49H48ClF2N11O5. The Kier molecular flexibility index (Phi) is 15.3. The van der Waals surface area contributed by atoms with E-state index in [4.69, 9.17) is 27.2 Å². The van der Waals surface area contributed by atoms with Crippen molar-refractivity contribution < 1.29 is 32.7 Å². The molecule has 0 spiro atoms. The number of nitrogens with two attached hydrogens (primary N) is 1. The van der Waals surface area contributed by atoms with Gasteiger partial charge in [0.25, 0.3) is 5.91 Å². The number of benzene rings is 4. The zero-order valence-electron chi connectivity index (χ0n) is 36.9. The number of aromatic nitrogens is 2. The number of nitrogens with zero attached hydrogens (tertiary/aromatic N) is 6. The number of aliphatic imine (C=N–C) groups is 2. The molecule has 8 rings (SSSR count). The van der Waals surface area contributed by atoms with Crippen LogP contribution in [0.1, 0.15) is 76.7 Å². The fourth-order valence-electron chi connectivity index (χ4n) is 8.13. The number of fused-ring (bicyclic) bond motifs is 4. The molecular weight excluding hydrogens is 896 g/mol. The van der Waals surface area contributed by atoms with Gasteiger partial charge in [0.2, 0.25) is 23.7 Å². The van der Waals surface area contributed by atoms with E-state index in [0.29, 0.717) is 82.3 Å². The SMILES string of the molecule is NN=C(C=NCCCCOCCCCNCC(=O)Nc1ccc2c(c1)CN(C1CCC(=O)NC1=O)C2=O)c1ccc(Nc2ncc3c(n2)-c2ccc(Cl)cc2C(c2c(F)cccc2F)=NC3)cc1. The monoisotopic (exact) mass is 943 g/mol. The van der Waals surface area contributed by atoms with Crippen molar-refractivity contribution in [3.8, 4) is 11.3 Å². The molecule has 0 aliphatic carbocycles. The summed E-state index contributed by atoms with van der Waals surface area (Å²) in [6.45, 7) is 2.90. The molecule has 3 aliphatic heterocycles. The lowest BCUT2D eigenvalue weighted by Crippen LogP contribution is -2.52. The number of hydrogen-bond acceptors (Lipinski definition) is 13. The molecule has 5 aromatic rings. The number of unbranched alkanes of at least 4 members (excludes halogenated alkanes) is 2. The van der Waals surface area contributed by atoms with Crippen molar-refractivity contribution >= 4 is 70.2 Å². The van der Waals surface area contributed by atoms with Crippen molar-refractivity contribution in [2.45, 2.75) is 57.7 Å². The van der Waals surface area contributed by atoms with E-state index in [0.717, 1.165) is 36.8 Å². The summed E-state index contributed by atoms with van der Waals surface area (Å²) in [5.41, 5.74) is 5.97. The van der Waals surface area contributed by atoms with Crippen LogP contribution in [0.3, 0.4) is 0 Å². The lowest BCUT2D eigenvalue weighted by molar-refractivity contribution is -0.137. The van der Waals surface area contributed by atoms with Gasteiger partial charge < -0.3 is 31.4 Å². The van der Waals surface area contributed by atoms with Gasteiger partial charge in [-0.15, -0.1) is 0 Å². The van der Waals surface area contributed by atoms with E-state index in [2.05, 4.69) is 41.3 Å². The maximum Gasteiger partial charge on any atom is 0.255 e. The summed E-state index contributed by atoms with van der Waals surface area (Å²) in [6.07, 6.45) is 7.08. The van der Waals surface area contributed by atoms with Crippen molar-refractivity contribution in [1.29, 1.82) is 0 Å². The van der Waals surface area contributed by atoms with Gasteiger partial charge in [0.05, 0.1) is 30.1 Å². The van der Waals surface area contributed by atoms with Gasteiger partial charge in [-0.25, -0.2) is 18.7 Å². The third-order valence-electron chi connectivity index (χ3n) is 11.6. The number of piperidine rings is 1. The summed E-state index contributed by atoms with van der Waals surface area (Å²) in [7, 11) is 0. The lowest BCUT2D eigenvalue weighted by Gasteiger charge is -2.29. The zero-order valence-corrected chi connectivity index (χ0v) is 37.6. The number of hydrazone groups is 1. The predicted octanol–water partition coefficient (Wildman–Crippen LogP) is 6.47. The maximum atomic E-state index is 14.9. The first kappa shape index (κ1) is 47.2. The summed E-state index contributed by atoms with van der Waals surface area (Å²) in [5, 5.41) is 15.8. The number of carbonyl (C=O) groups excluding carboxylic acids is 4. The Morgan fingerprint density at radius 3 is 2.47 bits per heavy atom. The molecule has 0 saturated carbocycles.